The number of rotatable bonds is 9. The highest BCUT2D eigenvalue weighted by Crippen LogP contribution is 2.19. The van der Waals surface area contributed by atoms with Crippen molar-refractivity contribution >= 4 is 33.8 Å². The first-order valence-corrected chi connectivity index (χ1v) is 13.0. The normalized spacial score (nSPS) is 11.3. The van der Waals surface area contributed by atoms with Gasteiger partial charge < -0.3 is 8.92 Å². The number of hydrogen-bond donors (Lipinski definition) is 1. The lowest BCUT2D eigenvalue weighted by Crippen LogP contribution is -2.17. The number of halogens is 1. The number of carbonyl (C=O) groups excluding carboxylic acids is 1. The van der Waals surface area contributed by atoms with Gasteiger partial charge in [-0.1, -0.05) is 41.4 Å². The number of nitrogens with zero attached hydrogens (tertiary/aromatic N) is 1. The van der Waals surface area contributed by atoms with Crippen molar-refractivity contribution < 1.29 is 22.1 Å². The summed E-state index contributed by atoms with van der Waals surface area (Å²) in [5.41, 5.74) is 5.45. The van der Waals surface area contributed by atoms with E-state index in [1.165, 1.54) is 30.5 Å². The number of carbonyl (C=O) groups is 1. The lowest BCUT2D eigenvalue weighted by atomic mass is 10.2. The number of hydrazone groups is 1. The van der Waals surface area contributed by atoms with E-state index >= 15 is 0 Å². The third kappa shape index (κ3) is 7.42. The molecule has 1 amide bonds. The van der Waals surface area contributed by atoms with Gasteiger partial charge in [-0.15, -0.1) is 0 Å². The highest BCUT2D eigenvalue weighted by atomic mass is 35.5. The minimum absolute atomic E-state index is 0.0765. The zero-order chi connectivity index (χ0) is 26.3. The quantitative estimate of drug-likeness (QED) is 0.167. The van der Waals surface area contributed by atoms with Crippen LogP contribution in [-0.2, 0) is 16.7 Å². The van der Waals surface area contributed by atoms with Gasteiger partial charge in [0.25, 0.3) is 5.91 Å². The van der Waals surface area contributed by atoms with E-state index in [4.69, 9.17) is 20.5 Å². The van der Waals surface area contributed by atoms with E-state index in [1.54, 1.807) is 60.7 Å². The minimum atomic E-state index is -3.93. The van der Waals surface area contributed by atoms with Crippen molar-refractivity contribution in [2.75, 3.05) is 0 Å². The summed E-state index contributed by atoms with van der Waals surface area (Å²) in [6.07, 6.45) is 1.44. The summed E-state index contributed by atoms with van der Waals surface area (Å²) in [5.74, 6) is 0.409. The van der Waals surface area contributed by atoms with Crippen molar-refractivity contribution in [1.29, 1.82) is 0 Å². The number of nitrogens with one attached hydrogen (secondary N) is 1. The lowest BCUT2D eigenvalue weighted by molar-refractivity contribution is 0.0955. The maximum absolute atomic E-state index is 12.4. The lowest BCUT2D eigenvalue weighted by Gasteiger charge is -2.07. The molecule has 0 aliphatic rings. The van der Waals surface area contributed by atoms with Crippen molar-refractivity contribution in [2.24, 2.45) is 5.10 Å². The molecule has 0 saturated heterocycles. The summed E-state index contributed by atoms with van der Waals surface area (Å²) in [6, 6.07) is 26.7. The molecule has 0 radical (unpaired) electrons. The molecule has 0 bridgehead atoms. The maximum Gasteiger partial charge on any atom is 0.339 e. The molecule has 9 heteroatoms. The second-order valence-electron chi connectivity index (χ2n) is 8.06. The predicted octanol–water partition coefficient (Wildman–Crippen LogP) is 5.76. The summed E-state index contributed by atoms with van der Waals surface area (Å²) in [4.78, 5) is 12.4. The molecule has 4 aromatic rings. The minimum Gasteiger partial charge on any atom is -0.489 e. The molecule has 4 rings (SSSR count). The van der Waals surface area contributed by atoms with Gasteiger partial charge in [-0.3, -0.25) is 4.79 Å². The van der Waals surface area contributed by atoms with Crippen LogP contribution >= 0.6 is 11.6 Å². The van der Waals surface area contributed by atoms with Crippen molar-refractivity contribution in [2.45, 2.75) is 18.4 Å². The Kier molecular flexibility index (Phi) is 8.22. The zero-order valence-electron chi connectivity index (χ0n) is 19.8. The first kappa shape index (κ1) is 25.9. The molecule has 1 N–H and O–H groups in total. The van der Waals surface area contributed by atoms with Gasteiger partial charge in [0.15, 0.2) is 0 Å². The van der Waals surface area contributed by atoms with Crippen LogP contribution in [0.25, 0.3) is 0 Å². The van der Waals surface area contributed by atoms with Crippen LogP contribution in [0.2, 0.25) is 5.02 Å². The number of benzene rings is 4. The molecule has 0 aromatic heterocycles. The van der Waals surface area contributed by atoms with Gasteiger partial charge >= 0.3 is 10.1 Å². The van der Waals surface area contributed by atoms with Crippen LogP contribution in [0.3, 0.4) is 0 Å². The summed E-state index contributed by atoms with van der Waals surface area (Å²) in [5, 5.41) is 4.62. The molecule has 0 aliphatic heterocycles. The molecular formula is C28H23ClN2O5S. The number of ether oxygens (including phenoxy) is 1. The van der Waals surface area contributed by atoms with E-state index in [0.29, 0.717) is 28.5 Å². The largest absolute Gasteiger partial charge is 0.489 e. The van der Waals surface area contributed by atoms with Gasteiger partial charge in [-0.05, 0) is 90.8 Å². The van der Waals surface area contributed by atoms with Crippen molar-refractivity contribution in [3.05, 3.63) is 124 Å². The van der Waals surface area contributed by atoms with Gasteiger partial charge in [-0.25, -0.2) is 5.43 Å². The monoisotopic (exact) mass is 534 g/mol. The number of amides is 1. The third-order valence-electron chi connectivity index (χ3n) is 5.21. The Morgan fingerprint density at radius 2 is 1.49 bits per heavy atom. The summed E-state index contributed by atoms with van der Waals surface area (Å²) < 4.78 is 35.7. The number of aryl methyl sites for hydroxylation is 1. The average Bonchev–Trinajstić information content (AvgIpc) is 2.90. The molecule has 37 heavy (non-hydrogen) atoms. The molecule has 0 atom stereocenters. The molecule has 0 spiro atoms. The molecule has 0 unspecified atom stereocenters. The summed E-state index contributed by atoms with van der Waals surface area (Å²) in [6.45, 7) is 2.25. The third-order valence-corrected chi connectivity index (χ3v) is 6.72. The Morgan fingerprint density at radius 1 is 0.865 bits per heavy atom. The molecular weight excluding hydrogens is 512 g/mol. The highest BCUT2D eigenvalue weighted by molar-refractivity contribution is 7.87. The zero-order valence-corrected chi connectivity index (χ0v) is 21.4. The SMILES string of the molecule is Cc1ccc(S(=O)(=O)Oc2ccc(/C=N/NC(=O)c3ccc(OCc4ccc(Cl)cc4)cc3)cc2)cc1. The Balaban J connectivity index is 1.28. The topological polar surface area (TPSA) is 94.1 Å². The van der Waals surface area contributed by atoms with Crippen LogP contribution in [0.5, 0.6) is 11.5 Å². The van der Waals surface area contributed by atoms with Crippen molar-refractivity contribution in [3.63, 3.8) is 0 Å². The standard InChI is InChI=1S/C28H23ClN2O5S/c1-20-2-16-27(17-3-20)37(33,34)36-26-12-6-21(7-13-26)18-30-31-28(32)23-8-14-25(15-9-23)35-19-22-4-10-24(29)11-5-22/h2-18H,19H2,1H3,(H,31,32)/b30-18+. The van der Waals surface area contributed by atoms with Gasteiger partial charge in [0.1, 0.15) is 23.0 Å². The van der Waals surface area contributed by atoms with E-state index in [1.807, 2.05) is 19.1 Å². The summed E-state index contributed by atoms with van der Waals surface area (Å²) >= 11 is 5.88. The van der Waals surface area contributed by atoms with Crippen LogP contribution < -0.4 is 14.3 Å². The molecule has 0 aliphatic carbocycles. The van der Waals surface area contributed by atoms with Crippen LogP contribution in [0.15, 0.2) is 107 Å². The molecule has 7 nitrogen and oxygen atoms in total. The van der Waals surface area contributed by atoms with Gasteiger partial charge in [0, 0.05) is 10.6 Å². The first-order chi connectivity index (χ1) is 17.8. The second kappa shape index (κ2) is 11.7. The van der Waals surface area contributed by atoms with Crippen LogP contribution in [0, 0.1) is 6.92 Å². The fourth-order valence-corrected chi connectivity index (χ4v) is 4.23. The van der Waals surface area contributed by atoms with Crippen molar-refractivity contribution in [1.82, 2.24) is 5.43 Å². The highest BCUT2D eigenvalue weighted by Gasteiger charge is 2.16. The van der Waals surface area contributed by atoms with E-state index in [0.717, 1.165) is 11.1 Å². The van der Waals surface area contributed by atoms with Gasteiger partial charge in [-0.2, -0.15) is 13.5 Å². The maximum atomic E-state index is 12.4. The molecule has 0 fully saturated rings. The van der Waals surface area contributed by atoms with Crippen LogP contribution in [0.1, 0.15) is 27.0 Å². The Bertz CT molecular complexity index is 1480. The Hall–Kier alpha value is -4.14. The second-order valence-corrected chi connectivity index (χ2v) is 10.0. The first-order valence-electron chi connectivity index (χ1n) is 11.2. The van der Waals surface area contributed by atoms with Crippen molar-refractivity contribution in [3.8, 4) is 11.5 Å². The molecule has 0 saturated carbocycles. The predicted molar refractivity (Wildman–Crippen MR) is 143 cm³/mol. The van der Waals surface area contributed by atoms with E-state index in [-0.39, 0.29) is 16.6 Å². The van der Waals surface area contributed by atoms with Crippen LogP contribution in [-0.4, -0.2) is 20.5 Å². The van der Waals surface area contributed by atoms with E-state index in [9.17, 15) is 13.2 Å². The van der Waals surface area contributed by atoms with Crippen LogP contribution in [0.4, 0.5) is 0 Å². The van der Waals surface area contributed by atoms with E-state index < -0.39 is 10.1 Å². The molecule has 188 valence electrons. The Morgan fingerprint density at radius 3 is 2.14 bits per heavy atom. The molecule has 4 aromatic carbocycles. The Labute approximate surface area is 220 Å². The fraction of sp³-hybridized carbons (Fsp3) is 0.0714. The molecule has 0 heterocycles. The van der Waals surface area contributed by atoms with Gasteiger partial charge in [0.2, 0.25) is 0 Å². The fourth-order valence-electron chi connectivity index (χ4n) is 3.17. The van der Waals surface area contributed by atoms with Gasteiger partial charge in [0.05, 0.1) is 6.21 Å². The number of hydrogen-bond acceptors (Lipinski definition) is 6. The summed E-state index contributed by atoms with van der Waals surface area (Å²) in [7, 11) is -3.93. The van der Waals surface area contributed by atoms with E-state index in [2.05, 4.69) is 10.5 Å². The smallest absolute Gasteiger partial charge is 0.339 e. The average molecular weight is 535 g/mol.